The van der Waals surface area contributed by atoms with Crippen molar-refractivity contribution in [3.05, 3.63) is 88.5 Å². The molecule has 6 rings (SSSR count). The number of H-pyrrole nitrogens is 1. The number of carbonyl (C=O) groups excluding carboxylic acids is 2. The zero-order chi connectivity index (χ0) is 30.6. The van der Waals surface area contributed by atoms with Crippen molar-refractivity contribution in [3.63, 3.8) is 0 Å². The smallest absolute Gasteiger partial charge is 0.258 e. The van der Waals surface area contributed by atoms with Crippen LogP contribution in [0.25, 0.3) is 10.9 Å². The number of aromatic nitrogens is 2. The van der Waals surface area contributed by atoms with Crippen LogP contribution in [0.3, 0.4) is 0 Å². The van der Waals surface area contributed by atoms with Gasteiger partial charge in [-0.15, -0.1) is 0 Å². The number of likely N-dealkylation sites (tertiary alicyclic amines) is 1. The topological polar surface area (TPSA) is 111 Å². The predicted octanol–water partition coefficient (Wildman–Crippen LogP) is 5.10. The summed E-state index contributed by atoms with van der Waals surface area (Å²) in [6.07, 6.45) is 3.68. The Morgan fingerprint density at radius 2 is 1.66 bits per heavy atom. The summed E-state index contributed by atoms with van der Waals surface area (Å²) in [5.74, 6) is -1.47. The first-order valence-electron chi connectivity index (χ1n) is 15.0. The van der Waals surface area contributed by atoms with Gasteiger partial charge in [-0.3, -0.25) is 14.7 Å². The van der Waals surface area contributed by atoms with Crippen molar-refractivity contribution in [3.8, 4) is 0 Å². The lowest BCUT2D eigenvalue weighted by molar-refractivity contribution is 0.0901. The van der Waals surface area contributed by atoms with E-state index in [1.165, 1.54) is 12.1 Å². The molecule has 2 amide bonds. The van der Waals surface area contributed by atoms with Crippen LogP contribution in [-0.4, -0.2) is 72.3 Å². The minimum atomic E-state index is -0.632. The maximum atomic E-state index is 13.7. The fraction of sp³-hybridized carbons (Fsp3) is 0.364. The number of halogens is 2. The van der Waals surface area contributed by atoms with Crippen LogP contribution in [0.1, 0.15) is 57.5 Å². The van der Waals surface area contributed by atoms with Gasteiger partial charge in [0.2, 0.25) is 0 Å². The number of anilines is 2. The standard InChI is InChI=1S/C33H36F2N6O3/c1-41-10-6-25(7-11-41)37-32(42)22-3-4-27(30(18-22)36-26-8-12-44-13-9-26)33(43)38-31-28-17-20(2-5-29(28)39-40-31)14-21-15-23(34)19-24(35)16-21/h2-5,15-19,25-26,36H,6-14H2,1H3,(H,37,42)(H2,38,39,40,43). The highest BCUT2D eigenvalue weighted by atomic mass is 19.1. The molecule has 3 heterocycles. The molecule has 0 aliphatic carbocycles. The van der Waals surface area contributed by atoms with Gasteiger partial charge in [0, 0.05) is 48.0 Å². The molecule has 1 aromatic heterocycles. The Kier molecular flexibility index (Phi) is 8.85. The van der Waals surface area contributed by atoms with E-state index in [2.05, 4.69) is 38.1 Å². The molecule has 0 saturated carbocycles. The molecule has 2 aliphatic heterocycles. The van der Waals surface area contributed by atoms with Gasteiger partial charge in [0.15, 0.2) is 5.82 Å². The van der Waals surface area contributed by atoms with Gasteiger partial charge in [0.25, 0.3) is 11.8 Å². The summed E-state index contributed by atoms with van der Waals surface area (Å²) in [7, 11) is 2.08. The maximum Gasteiger partial charge on any atom is 0.258 e. The molecule has 230 valence electrons. The zero-order valence-corrected chi connectivity index (χ0v) is 24.6. The van der Waals surface area contributed by atoms with Crippen molar-refractivity contribution in [2.75, 3.05) is 44.0 Å². The summed E-state index contributed by atoms with van der Waals surface area (Å²) in [5.41, 5.74) is 3.45. The number of hydrogen-bond acceptors (Lipinski definition) is 6. The number of nitrogens with one attached hydrogen (secondary N) is 4. The number of fused-ring (bicyclic) bond motifs is 1. The van der Waals surface area contributed by atoms with Gasteiger partial charge in [0.1, 0.15) is 11.6 Å². The van der Waals surface area contributed by atoms with Crippen LogP contribution in [0.2, 0.25) is 0 Å². The SMILES string of the molecule is CN1CCC(NC(=O)c2ccc(C(=O)Nc3n[nH]c4ccc(Cc5cc(F)cc(F)c5)cc34)c(NC3CCOCC3)c2)CC1. The fourth-order valence-corrected chi connectivity index (χ4v) is 5.88. The lowest BCUT2D eigenvalue weighted by atomic mass is 10.0. The van der Waals surface area contributed by atoms with E-state index in [1.54, 1.807) is 18.2 Å². The highest BCUT2D eigenvalue weighted by Crippen LogP contribution is 2.27. The molecular formula is C33H36F2N6O3. The second kappa shape index (κ2) is 13.1. The Labute approximate surface area is 254 Å². The van der Waals surface area contributed by atoms with Crippen molar-refractivity contribution < 1.29 is 23.1 Å². The third-order valence-corrected chi connectivity index (χ3v) is 8.35. The van der Waals surface area contributed by atoms with E-state index in [0.29, 0.717) is 58.7 Å². The Morgan fingerprint density at radius 1 is 0.909 bits per heavy atom. The van der Waals surface area contributed by atoms with Gasteiger partial charge in [-0.05, 0) is 106 Å². The molecular weight excluding hydrogens is 566 g/mol. The Bertz CT molecular complexity index is 1640. The zero-order valence-electron chi connectivity index (χ0n) is 24.6. The molecule has 11 heteroatoms. The number of carbonyl (C=O) groups is 2. The summed E-state index contributed by atoms with van der Waals surface area (Å²) in [6, 6.07) is 14.3. The summed E-state index contributed by atoms with van der Waals surface area (Å²) in [6.45, 7) is 3.12. The van der Waals surface area contributed by atoms with Crippen molar-refractivity contribution >= 4 is 34.2 Å². The number of rotatable bonds is 8. The Balaban J connectivity index is 1.23. The number of nitrogens with zero attached hydrogens (tertiary/aromatic N) is 2. The van der Waals surface area contributed by atoms with E-state index in [0.717, 1.165) is 50.4 Å². The van der Waals surface area contributed by atoms with E-state index in [-0.39, 0.29) is 23.9 Å². The minimum Gasteiger partial charge on any atom is -0.381 e. The Morgan fingerprint density at radius 3 is 2.41 bits per heavy atom. The van der Waals surface area contributed by atoms with Gasteiger partial charge < -0.3 is 25.6 Å². The van der Waals surface area contributed by atoms with Crippen LogP contribution >= 0.6 is 0 Å². The van der Waals surface area contributed by atoms with Crippen LogP contribution in [0, 0.1) is 11.6 Å². The number of ether oxygens (including phenoxy) is 1. The monoisotopic (exact) mass is 602 g/mol. The number of aromatic amines is 1. The van der Waals surface area contributed by atoms with E-state index in [9.17, 15) is 18.4 Å². The normalized spacial score (nSPS) is 16.6. The largest absolute Gasteiger partial charge is 0.381 e. The van der Waals surface area contributed by atoms with Crippen LogP contribution in [0.15, 0.2) is 54.6 Å². The predicted molar refractivity (Wildman–Crippen MR) is 165 cm³/mol. The van der Waals surface area contributed by atoms with Crippen molar-refractivity contribution in [1.82, 2.24) is 20.4 Å². The Hall–Kier alpha value is -4.35. The van der Waals surface area contributed by atoms with Crippen molar-refractivity contribution in [2.45, 2.75) is 44.2 Å². The molecule has 44 heavy (non-hydrogen) atoms. The lowest BCUT2D eigenvalue weighted by Gasteiger charge is -2.29. The molecule has 0 atom stereocenters. The van der Waals surface area contributed by atoms with Gasteiger partial charge in [0.05, 0.1) is 11.1 Å². The van der Waals surface area contributed by atoms with E-state index >= 15 is 0 Å². The summed E-state index contributed by atoms with van der Waals surface area (Å²) < 4.78 is 33.0. The molecule has 0 spiro atoms. The van der Waals surface area contributed by atoms with Gasteiger partial charge in [-0.1, -0.05) is 6.07 Å². The van der Waals surface area contributed by atoms with E-state index in [4.69, 9.17) is 4.74 Å². The van der Waals surface area contributed by atoms with Crippen molar-refractivity contribution in [2.24, 2.45) is 0 Å². The molecule has 4 aromatic rings. The first-order valence-corrected chi connectivity index (χ1v) is 15.0. The maximum absolute atomic E-state index is 13.7. The van der Waals surface area contributed by atoms with Crippen LogP contribution < -0.4 is 16.0 Å². The molecule has 2 saturated heterocycles. The number of piperidine rings is 1. The van der Waals surface area contributed by atoms with Crippen LogP contribution in [0.4, 0.5) is 20.3 Å². The van der Waals surface area contributed by atoms with Crippen LogP contribution in [-0.2, 0) is 11.2 Å². The van der Waals surface area contributed by atoms with Gasteiger partial charge in [-0.25, -0.2) is 8.78 Å². The quantitative estimate of drug-likeness (QED) is 0.223. The first kappa shape index (κ1) is 29.7. The van der Waals surface area contributed by atoms with Gasteiger partial charge >= 0.3 is 0 Å². The number of benzene rings is 3. The van der Waals surface area contributed by atoms with E-state index in [1.807, 2.05) is 18.2 Å². The second-order valence-corrected chi connectivity index (χ2v) is 11.7. The van der Waals surface area contributed by atoms with Crippen LogP contribution in [0.5, 0.6) is 0 Å². The minimum absolute atomic E-state index is 0.101. The second-order valence-electron chi connectivity index (χ2n) is 11.7. The average Bonchev–Trinajstić information content (AvgIpc) is 3.40. The highest BCUT2D eigenvalue weighted by Gasteiger charge is 2.23. The van der Waals surface area contributed by atoms with E-state index < -0.39 is 11.6 Å². The number of hydrogen-bond donors (Lipinski definition) is 4. The lowest BCUT2D eigenvalue weighted by Crippen LogP contribution is -2.43. The molecule has 3 aromatic carbocycles. The molecule has 0 radical (unpaired) electrons. The molecule has 0 bridgehead atoms. The summed E-state index contributed by atoms with van der Waals surface area (Å²) in [5, 5.41) is 17.5. The third-order valence-electron chi connectivity index (χ3n) is 8.35. The van der Waals surface area contributed by atoms with Crippen molar-refractivity contribution in [1.29, 1.82) is 0 Å². The number of amides is 2. The summed E-state index contributed by atoms with van der Waals surface area (Å²) in [4.78, 5) is 29.1. The highest BCUT2D eigenvalue weighted by molar-refractivity contribution is 6.11. The molecule has 2 aliphatic rings. The van der Waals surface area contributed by atoms with Gasteiger partial charge in [-0.2, -0.15) is 5.10 Å². The molecule has 4 N–H and O–H groups in total. The third kappa shape index (κ3) is 7.06. The molecule has 9 nitrogen and oxygen atoms in total. The summed E-state index contributed by atoms with van der Waals surface area (Å²) >= 11 is 0. The molecule has 2 fully saturated rings. The fourth-order valence-electron chi connectivity index (χ4n) is 5.88. The molecule has 0 unspecified atom stereocenters. The first-order chi connectivity index (χ1) is 21.3. The average molecular weight is 603 g/mol.